The van der Waals surface area contributed by atoms with E-state index in [1.165, 1.54) is 0 Å². The summed E-state index contributed by atoms with van der Waals surface area (Å²) in [5.41, 5.74) is 2.87. The highest BCUT2D eigenvalue weighted by molar-refractivity contribution is 6.36. The maximum atomic E-state index is 9.07. The summed E-state index contributed by atoms with van der Waals surface area (Å²) in [6.45, 7) is 0. The lowest BCUT2D eigenvalue weighted by Crippen LogP contribution is -1.93. The fourth-order valence-corrected chi connectivity index (χ4v) is 2.87. The van der Waals surface area contributed by atoms with Crippen LogP contribution >= 0.6 is 34.8 Å². The zero-order chi connectivity index (χ0) is 15.0. The zero-order valence-corrected chi connectivity index (χ0v) is 12.9. The molecule has 6 heteroatoms. The van der Waals surface area contributed by atoms with Crippen LogP contribution in [0.5, 0.6) is 0 Å². The van der Waals surface area contributed by atoms with Gasteiger partial charge in [-0.25, -0.2) is 4.98 Å². The Morgan fingerprint density at radius 2 is 1.86 bits per heavy atom. The van der Waals surface area contributed by atoms with Crippen LogP contribution in [-0.4, -0.2) is 9.38 Å². The number of rotatable bonds is 2. The fraction of sp³-hybridized carbons (Fsp3) is 0.0667. The van der Waals surface area contributed by atoms with Crippen molar-refractivity contribution in [3.8, 4) is 17.3 Å². The van der Waals surface area contributed by atoms with Gasteiger partial charge in [-0.3, -0.25) is 0 Å². The zero-order valence-electron chi connectivity index (χ0n) is 10.6. The van der Waals surface area contributed by atoms with E-state index in [0.29, 0.717) is 26.4 Å². The Bertz CT molecular complexity index is 878. The summed E-state index contributed by atoms with van der Waals surface area (Å²) in [5.74, 6) is 0. The number of hydrogen-bond acceptors (Lipinski definition) is 2. The highest BCUT2D eigenvalue weighted by Crippen LogP contribution is 2.33. The van der Waals surface area contributed by atoms with E-state index in [2.05, 4.69) is 11.1 Å². The van der Waals surface area contributed by atoms with Crippen LogP contribution in [0.25, 0.3) is 16.9 Å². The van der Waals surface area contributed by atoms with E-state index in [1.807, 2.05) is 4.40 Å². The predicted octanol–water partition coefficient (Wildman–Crippen LogP) is 5.03. The molecule has 0 N–H and O–H groups in total. The first kappa shape index (κ1) is 14.2. The maximum absolute atomic E-state index is 9.07. The third-order valence-electron chi connectivity index (χ3n) is 3.11. The van der Waals surface area contributed by atoms with E-state index >= 15 is 0 Å². The van der Waals surface area contributed by atoms with Crippen molar-refractivity contribution >= 4 is 40.4 Å². The van der Waals surface area contributed by atoms with Crippen molar-refractivity contribution in [1.29, 1.82) is 5.26 Å². The summed E-state index contributed by atoms with van der Waals surface area (Å²) in [5, 5.41) is 10.7. The topological polar surface area (TPSA) is 41.1 Å². The second-order valence-electron chi connectivity index (χ2n) is 4.44. The first-order valence-electron chi connectivity index (χ1n) is 6.09. The average Bonchev–Trinajstić information content (AvgIpc) is 2.78. The van der Waals surface area contributed by atoms with Gasteiger partial charge < -0.3 is 4.40 Å². The van der Waals surface area contributed by atoms with Crippen molar-refractivity contribution in [2.75, 3.05) is 0 Å². The summed E-state index contributed by atoms with van der Waals surface area (Å²) >= 11 is 18.2. The summed E-state index contributed by atoms with van der Waals surface area (Å²) < 4.78 is 1.81. The van der Waals surface area contributed by atoms with E-state index in [-0.39, 0.29) is 6.42 Å². The normalized spacial score (nSPS) is 10.8. The minimum atomic E-state index is 0.204. The molecule has 2 aromatic heterocycles. The standard InChI is InChI=1S/C15H8Cl3N3/c16-9-1-3-11(12(18)7-9)15-13(5-6-19)21-8-10(17)2-4-14(21)20-15/h1-4,7-8H,5H2. The van der Waals surface area contributed by atoms with Crippen LogP contribution in [0, 0.1) is 11.3 Å². The molecule has 3 aromatic rings. The summed E-state index contributed by atoms with van der Waals surface area (Å²) in [7, 11) is 0. The molecule has 104 valence electrons. The van der Waals surface area contributed by atoms with Gasteiger partial charge >= 0.3 is 0 Å². The summed E-state index contributed by atoms with van der Waals surface area (Å²) in [6, 6.07) is 10.9. The van der Waals surface area contributed by atoms with E-state index < -0.39 is 0 Å². The average molecular weight is 337 g/mol. The molecule has 0 atom stereocenters. The number of nitriles is 1. The number of pyridine rings is 1. The number of nitrogens with zero attached hydrogens (tertiary/aromatic N) is 3. The Morgan fingerprint density at radius 1 is 1.10 bits per heavy atom. The van der Waals surface area contributed by atoms with Gasteiger partial charge in [0.05, 0.1) is 33.9 Å². The van der Waals surface area contributed by atoms with Crippen molar-refractivity contribution < 1.29 is 0 Å². The van der Waals surface area contributed by atoms with Crippen LogP contribution < -0.4 is 0 Å². The van der Waals surface area contributed by atoms with Gasteiger partial charge in [0.1, 0.15) is 5.65 Å². The Hall–Kier alpha value is -1.73. The van der Waals surface area contributed by atoms with Crippen LogP contribution in [0.4, 0.5) is 0 Å². The highest BCUT2D eigenvalue weighted by Gasteiger charge is 2.16. The number of fused-ring (bicyclic) bond motifs is 1. The minimum absolute atomic E-state index is 0.204. The Kier molecular flexibility index (Phi) is 3.77. The van der Waals surface area contributed by atoms with Crippen molar-refractivity contribution in [3.63, 3.8) is 0 Å². The number of aromatic nitrogens is 2. The Morgan fingerprint density at radius 3 is 2.57 bits per heavy atom. The largest absolute Gasteiger partial charge is 0.301 e. The molecule has 0 aliphatic carbocycles. The van der Waals surface area contributed by atoms with Gasteiger partial charge in [0, 0.05) is 16.8 Å². The SMILES string of the molecule is N#CCc1c(-c2ccc(Cl)cc2Cl)nc2ccc(Cl)cn12. The number of benzene rings is 1. The third kappa shape index (κ3) is 2.58. The first-order chi connectivity index (χ1) is 10.1. The van der Waals surface area contributed by atoms with Crippen molar-refractivity contribution in [1.82, 2.24) is 9.38 Å². The minimum Gasteiger partial charge on any atom is -0.301 e. The second kappa shape index (κ2) is 5.57. The molecule has 0 unspecified atom stereocenters. The van der Waals surface area contributed by atoms with Gasteiger partial charge in [-0.2, -0.15) is 5.26 Å². The smallest absolute Gasteiger partial charge is 0.137 e. The lowest BCUT2D eigenvalue weighted by molar-refractivity contribution is 1.06. The van der Waals surface area contributed by atoms with Gasteiger partial charge in [-0.1, -0.05) is 34.8 Å². The van der Waals surface area contributed by atoms with Crippen molar-refractivity contribution in [2.45, 2.75) is 6.42 Å². The van der Waals surface area contributed by atoms with E-state index in [0.717, 1.165) is 11.3 Å². The van der Waals surface area contributed by atoms with Crippen LogP contribution in [0.2, 0.25) is 15.1 Å². The van der Waals surface area contributed by atoms with Gasteiger partial charge in [-0.15, -0.1) is 0 Å². The highest BCUT2D eigenvalue weighted by atomic mass is 35.5. The van der Waals surface area contributed by atoms with E-state index in [4.69, 9.17) is 40.1 Å². The molecule has 0 aliphatic rings. The second-order valence-corrected chi connectivity index (χ2v) is 5.72. The van der Waals surface area contributed by atoms with E-state index in [1.54, 1.807) is 36.5 Å². The van der Waals surface area contributed by atoms with Crippen LogP contribution in [0.15, 0.2) is 36.5 Å². The first-order valence-corrected chi connectivity index (χ1v) is 7.22. The molecule has 0 bridgehead atoms. The molecule has 0 radical (unpaired) electrons. The molecule has 3 rings (SSSR count). The van der Waals surface area contributed by atoms with E-state index in [9.17, 15) is 0 Å². The summed E-state index contributed by atoms with van der Waals surface area (Å²) in [4.78, 5) is 4.56. The molecule has 3 nitrogen and oxygen atoms in total. The van der Waals surface area contributed by atoms with Gasteiger partial charge in [0.25, 0.3) is 0 Å². The van der Waals surface area contributed by atoms with Gasteiger partial charge in [0.2, 0.25) is 0 Å². The van der Waals surface area contributed by atoms with Gasteiger partial charge in [0.15, 0.2) is 0 Å². The van der Waals surface area contributed by atoms with Crippen molar-refractivity contribution in [2.24, 2.45) is 0 Å². The molecule has 2 heterocycles. The van der Waals surface area contributed by atoms with Crippen LogP contribution in [-0.2, 0) is 6.42 Å². The number of hydrogen-bond donors (Lipinski definition) is 0. The van der Waals surface area contributed by atoms with Crippen LogP contribution in [0.3, 0.4) is 0 Å². The third-order valence-corrected chi connectivity index (χ3v) is 3.89. The molecule has 0 aliphatic heterocycles. The monoisotopic (exact) mass is 335 g/mol. The quantitative estimate of drug-likeness (QED) is 0.658. The Labute approximate surface area is 136 Å². The molecule has 0 fully saturated rings. The predicted molar refractivity (Wildman–Crippen MR) is 85.0 cm³/mol. The van der Waals surface area contributed by atoms with Gasteiger partial charge in [-0.05, 0) is 30.3 Å². The molecule has 0 spiro atoms. The molecular weight excluding hydrogens is 329 g/mol. The Balaban J connectivity index is 2.31. The molecule has 0 amide bonds. The number of halogens is 3. The van der Waals surface area contributed by atoms with Crippen LogP contribution in [0.1, 0.15) is 5.69 Å². The van der Waals surface area contributed by atoms with Crippen molar-refractivity contribution in [3.05, 3.63) is 57.3 Å². The summed E-state index contributed by atoms with van der Waals surface area (Å²) in [6.07, 6.45) is 1.94. The number of imidazole rings is 1. The molecule has 0 saturated heterocycles. The lowest BCUT2D eigenvalue weighted by Gasteiger charge is -2.04. The molecular formula is C15H8Cl3N3. The lowest BCUT2D eigenvalue weighted by atomic mass is 10.1. The molecule has 21 heavy (non-hydrogen) atoms. The maximum Gasteiger partial charge on any atom is 0.137 e. The molecule has 1 aromatic carbocycles. The molecule has 0 saturated carbocycles. The fourth-order valence-electron chi connectivity index (χ4n) is 2.21.